The topological polar surface area (TPSA) is 136 Å². The largest absolute Gasteiger partial charge is 0.491 e. The number of alkyl halides is 1. The van der Waals surface area contributed by atoms with Crippen molar-refractivity contribution in [3.8, 4) is 11.5 Å². The standard InChI is InChI=1S/C25H25ClF2N4O6/c26-18-3-1-2-14(23(18)28)10-30-24(35)20-8-15(27)11-32(20)22(34)13-31-12-21(38-25(29)36)17-5-4-16(9-19(17)31)37-7-6-33/h1-5,9,12,15,20,33H,6-8,10-11,13H2,(H2,29,36)(H,30,35)/t15-,20+/m1/s1. The molecule has 0 unspecified atom stereocenters. The number of halogens is 3. The fraction of sp³-hybridized carbons (Fsp3) is 0.320. The SMILES string of the molecule is NC(=O)Oc1cn(CC(=O)N2C[C@H](F)C[C@H]2C(=O)NCc2cccc(Cl)c2F)c2cc(OCCO)ccc12. The summed E-state index contributed by atoms with van der Waals surface area (Å²) in [5.74, 6) is -1.39. The smallest absolute Gasteiger partial charge is 0.410 e. The van der Waals surface area contributed by atoms with Crippen LogP contribution in [0.5, 0.6) is 11.5 Å². The Balaban J connectivity index is 1.53. The second-order valence-electron chi connectivity index (χ2n) is 8.62. The summed E-state index contributed by atoms with van der Waals surface area (Å²) in [7, 11) is 0. The first-order valence-corrected chi connectivity index (χ1v) is 12.0. The molecule has 2 aromatic carbocycles. The average Bonchev–Trinajstić information content (AvgIpc) is 3.43. The quantitative estimate of drug-likeness (QED) is 0.374. The second-order valence-corrected chi connectivity index (χ2v) is 9.03. The van der Waals surface area contributed by atoms with Crippen LogP contribution in [0.1, 0.15) is 12.0 Å². The molecule has 0 radical (unpaired) electrons. The number of aromatic nitrogens is 1. The Morgan fingerprint density at radius 1 is 1.24 bits per heavy atom. The van der Waals surface area contributed by atoms with Crippen LogP contribution in [-0.2, 0) is 22.7 Å². The highest BCUT2D eigenvalue weighted by atomic mass is 35.5. The van der Waals surface area contributed by atoms with Crippen molar-refractivity contribution in [3.05, 3.63) is 59.0 Å². The number of likely N-dealkylation sites (tertiary alicyclic amines) is 1. The molecular weight excluding hydrogens is 526 g/mol. The fourth-order valence-electron chi connectivity index (χ4n) is 4.34. The number of nitrogens with zero attached hydrogens (tertiary/aromatic N) is 2. The van der Waals surface area contributed by atoms with E-state index in [2.05, 4.69) is 5.32 Å². The first-order chi connectivity index (χ1) is 18.2. The molecule has 2 atom stereocenters. The summed E-state index contributed by atoms with van der Waals surface area (Å²) in [6.45, 7) is -0.969. The van der Waals surface area contributed by atoms with Crippen LogP contribution >= 0.6 is 11.6 Å². The minimum absolute atomic E-state index is 0.0390. The third-order valence-electron chi connectivity index (χ3n) is 6.05. The van der Waals surface area contributed by atoms with Gasteiger partial charge in [-0.3, -0.25) is 9.59 Å². The number of nitrogens with one attached hydrogen (secondary N) is 1. The Bertz CT molecular complexity index is 1370. The van der Waals surface area contributed by atoms with Gasteiger partial charge in [0, 0.05) is 36.2 Å². The van der Waals surface area contributed by atoms with Gasteiger partial charge in [0.25, 0.3) is 0 Å². The predicted molar refractivity (Wildman–Crippen MR) is 133 cm³/mol. The van der Waals surface area contributed by atoms with Gasteiger partial charge in [-0.05, 0) is 18.2 Å². The van der Waals surface area contributed by atoms with Gasteiger partial charge in [0.2, 0.25) is 11.8 Å². The van der Waals surface area contributed by atoms with E-state index in [1.807, 2.05) is 0 Å². The minimum atomic E-state index is -1.42. The third kappa shape index (κ3) is 5.97. The summed E-state index contributed by atoms with van der Waals surface area (Å²) in [4.78, 5) is 38.6. The molecule has 1 aromatic heterocycles. The van der Waals surface area contributed by atoms with E-state index in [1.165, 1.54) is 29.0 Å². The maximum Gasteiger partial charge on any atom is 0.410 e. The highest BCUT2D eigenvalue weighted by molar-refractivity contribution is 6.30. The number of carbonyl (C=O) groups excluding carboxylic acids is 3. The van der Waals surface area contributed by atoms with Crippen LogP contribution in [0, 0.1) is 5.82 Å². The van der Waals surface area contributed by atoms with Crippen LogP contribution < -0.4 is 20.5 Å². The Labute approximate surface area is 220 Å². The number of carbonyl (C=O) groups is 3. The number of aliphatic hydroxyl groups is 1. The zero-order chi connectivity index (χ0) is 27.4. The molecule has 1 saturated heterocycles. The summed E-state index contributed by atoms with van der Waals surface area (Å²) in [5, 5.41) is 11.9. The van der Waals surface area contributed by atoms with Gasteiger partial charge in [-0.25, -0.2) is 13.6 Å². The molecule has 4 rings (SSSR count). The fourth-order valence-corrected chi connectivity index (χ4v) is 4.54. The number of hydrogen-bond donors (Lipinski definition) is 3. The molecule has 13 heteroatoms. The van der Waals surface area contributed by atoms with Gasteiger partial charge in [-0.15, -0.1) is 0 Å². The molecule has 38 heavy (non-hydrogen) atoms. The molecule has 202 valence electrons. The number of primary amides is 1. The zero-order valence-electron chi connectivity index (χ0n) is 20.0. The molecule has 0 aliphatic carbocycles. The second kappa shape index (κ2) is 11.7. The lowest BCUT2D eigenvalue weighted by molar-refractivity contribution is -0.139. The first-order valence-electron chi connectivity index (χ1n) is 11.7. The van der Waals surface area contributed by atoms with Gasteiger partial charge in [-0.2, -0.15) is 0 Å². The number of aliphatic hydroxyl groups excluding tert-OH is 1. The molecule has 3 amide bonds. The number of ether oxygens (including phenoxy) is 2. The van der Waals surface area contributed by atoms with Crippen molar-refractivity contribution in [2.24, 2.45) is 5.73 Å². The Morgan fingerprint density at radius 2 is 2.03 bits per heavy atom. The molecule has 3 aromatic rings. The van der Waals surface area contributed by atoms with Gasteiger partial charge in [0.05, 0.1) is 23.7 Å². The monoisotopic (exact) mass is 550 g/mol. The summed E-state index contributed by atoms with van der Waals surface area (Å²) < 4.78 is 40.5. The number of benzene rings is 2. The highest BCUT2D eigenvalue weighted by Crippen LogP contribution is 2.32. The summed E-state index contributed by atoms with van der Waals surface area (Å²) >= 11 is 5.78. The molecule has 0 spiro atoms. The highest BCUT2D eigenvalue weighted by Gasteiger charge is 2.39. The molecule has 1 fully saturated rings. The maximum atomic E-state index is 14.4. The lowest BCUT2D eigenvalue weighted by Gasteiger charge is -2.24. The van der Waals surface area contributed by atoms with Crippen LogP contribution in [0.2, 0.25) is 5.02 Å². The van der Waals surface area contributed by atoms with Gasteiger partial charge >= 0.3 is 6.09 Å². The van der Waals surface area contributed by atoms with Gasteiger partial charge < -0.3 is 35.1 Å². The average molecular weight is 551 g/mol. The molecule has 2 heterocycles. The van der Waals surface area contributed by atoms with Crippen molar-refractivity contribution in [2.75, 3.05) is 19.8 Å². The Morgan fingerprint density at radius 3 is 2.76 bits per heavy atom. The molecular formula is C25H25ClF2N4O6. The van der Waals surface area contributed by atoms with Gasteiger partial charge in [-0.1, -0.05) is 23.7 Å². The number of fused-ring (bicyclic) bond motifs is 1. The van der Waals surface area contributed by atoms with Crippen molar-refractivity contribution in [3.63, 3.8) is 0 Å². The molecule has 4 N–H and O–H groups in total. The van der Waals surface area contributed by atoms with E-state index in [9.17, 15) is 23.2 Å². The number of nitrogens with two attached hydrogens (primary N) is 1. The molecule has 0 bridgehead atoms. The van der Waals surface area contributed by atoms with Crippen molar-refractivity contribution in [1.29, 1.82) is 0 Å². The van der Waals surface area contributed by atoms with E-state index in [0.29, 0.717) is 16.7 Å². The summed E-state index contributed by atoms with van der Waals surface area (Å²) in [5.41, 5.74) is 5.76. The normalized spacial score (nSPS) is 17.0. The number of amides is 3. The lowest BCUT2D eigenvalue weighted by atomic mass is 10.1. The maximum absolute atomic E-state index is 14.4. The number of rotatable bonds is 9. The third-order valence-corrected chi connectivity index (χ3v) is 6.34. The molecule has 1 aliphatic heterocycles. The van der Waals surface area contributed by atoms with Crippen LogP contribution in [0.25, 0.3) is 10.9 Å². The molecule has 10 nitrogen and oxygen atoms in total. The molecule has 1 aliphatic rings. The van der Waals surface area contributed by atoms with E-state index in [4.69, 9.17) is 31.9 Å². The van der Waals surface area contributed by atoms with Crippen LogP contribution in [0.15, 0.2) is 42.6 Å². The zero-order valence-corrected chi connectivity index (χ0v) is 20.8. The van der Waals surface area contributed by atoms with E-state index < -0.39 is 35.9 Å². The van der Waals surface area contributed by atoms with Crippen LogP contribution in [-0.4, -0.2) is 64.5 Å². The van der Waals surface area contributed by atoms with E-state index in [1.54, 1.807) is 18.2 Å². The van der Waals surface area contributed by atoms with Gasteiger partial charge in [0.15, 0.2) is 5.75 Å². The lowest BCUT2D eigenvalue weighted by Crippen LogP contribution is -2.46. The summed E-state index contributed by atoms with van der Waals surface area (Å²) in [6, 6.07) is 8.03. The van der Waals surface area contributed by atoms with Crippen molar-refractivity contribution < 1.29 is 37.7 Å². The summed E-state index contributed by atoms with van der Waals surface area (Å²) in [6.07, 6.45) is -1.30. The Kier molecular flexibility index (Phi) is 8.32. The minimum Gasteiger partial charge on any atom is -0.491 e. The Hall–Kier alpha value is -3.90. The van der Waals surface area contributed by atoms with E-state index in [-0.39, 0.29) is 55.6 Å². The predicted octanol–water partition coefficient (Wildman–Crippen LogP) is 2.52. The number of hydrogen-bond acceptors (Lipinski definition) is 6. The first kappa shape index (κ1) is 27.1. The van der Waals surface area contributed by atoms with Crippen LogP contribution in [0.3, 0.4) is 0 Å². The van der Waals surface area contributed by atoms with Crippen molar-refractivity contribution in [2.45, 2.75) is 31.7 Å². The van der Waals surface area contributed by atoms with Crippen molar-refractivity contribution >= 4 is 40.4 Å². The van der Waals surface area contributed by atoms with E-state index in [0.717, 1.165) is 4.90 Å². The van der Waals surface area contributed by atoms with E-state index >= 15 is 0 Å². The van der Waals surface area contributed by atoms with Crippen LogP contribution in [0.4, 0.5) is 13.6 Å². The molecule has 0 saturated carbocycles. The van der Waals surface area contributed by atoms with Gasteiger partial charge in [0.1, 0.15) is 36.9 Å². The van der Waals surface area contributed by atoms with Crippen molar-refractivity contribution in [1.82, 2.24) is 14.8 Å².